The van der Waals surface area contributed by atoms with E-state index in [0.717, 1.165) is 4.90 Å². The number of amides is 5. The summed E-state index contributed by atoms with van der Waals surface area (Å²) in [7, 11) is 0. The highest BCUT2D eigenvalue weighted by atomic mass is 19.1. The maximum absolute atomic E-state index is 16.2. The number of nitrogens with one attached hydrogen (secondary N) is 2. The molecule has 0 unspecified atom stereocenters. The Hall–Kier alpha value is -3.82. The zero-order valence-corrected chi connectivity index (χ0v) is 20.3. The maximum Gasteiger partial charge on any atom is 0.416 e. The van der Waals surface area contributed by atoms with E-state index < -0.39 is 66.1 Å². The maximum atomic E-state index is 16.2. The molecule has 38 heavy (non-hydrogen) atoms. The van der Waals surface area contributed by atoms with E-state index in [4.69, 9.17) is 14.0 Å². The Balaban J connectivity index is 1.55. The number of cyclic esters (lactones) is 1. The summed E-state index contributed by atoms with van der Waals surface area (Å²) in [5.41, 5.74) is -1.79. The Labute approximate surface area is 213 Å². The van der Waals surface area contributed by atoms with Crippen LogP contribution in [0.2, 0.25) is 0 Å². The number of aliphatic hydroxyl groups excluding tert-OH is 2. The fraction of sp³-hybridized carbons (Fsp3) is 0.522. The van der Waals surface area contributed by atoms with Crippen LogP contribution in [-0.4, -0.2) is 89.5 Å². The number of morpholine rings is 1. The van der Waals surface area contributed by atoms with E-state index in [9.17, 15) is 29.4 Å². The first-order valence-corrected chi connectivity index (χ1v) is 12.0. The highest BCUT2D eigenvalue weighted by Crippen LogP contribution is 2.50. The first-order chi connectivity index (χ1) is 18.1. The van der Waals surface area contributed by atoms with Crippen LogP contribution in [0.5, 0.6) is 0 Å². The first kappa shape index (κ1) is 24.5. The van der Waals surface area contributed by atoms with E-state index in [1.165, 1.54) is 6.07 Å². The van der Waals surface area contributed by atoms with Crippen molar-refractivity contribution in [2.24, 2.45) is 5.41 Å². The summed E-state index contributed by atoms with van der Waals surface area (Å²) in [6.45, 7) is 2.66. The van der Waals surface area contributed by atoms with Gasteiger partial charge in [-0.1, -0.05) is 5.16 Å². The highest BCUT2D eigenvalue weighted by Gasteiger charge is 2.63. The Morgan fingerprint density at radius 1 is 1.24 bits per heavy atom. The molecule has 1 spiro atoms. The van der Waals surface area contributed by atoms with Crippen LogP contribution < -0.4 is 20.4 Å². The van der Waals surface area contributed by atoms with Crippen LogP contribution in [0.1, 0.15) is 19.4 Å². The molecule has 0 saturated carbocycles. The molecule has 6 rings (SSSR count). The molecular weight excluding hydrogens is 509 g/mol. The summed E-state index contributed by atoms with van der Waals surface area (Å²) in [6, 6.07) is -1.46. The number of barbiturate groups is 1. The molecule has 14 nitrogen and oxygen atoms in total. The number of rotatable bonds is 3. The summed E-state index contributed by atoms with van der Waals surface area (Å²) in [5, 5.41) is 27.8. The van der Waals surface area contributed by atoms with E-state index in [-0.39, 0.29) is 53.7 Å². The standard InChI is InChI=1S/C23H24FN5O9/c1-8-5-28-15-10(4-23(17(28)9(2)37-8)19(32)25-21(34)26-20(23)33)3-11-16(14(15)24)38-27-18(11)29-12(13(31)6-30)7-36-22(29)35/h3,8-9,12-13,17,30-31H,4-7H2,1-2H3,(H2,25,26,32,33,34)/t8-,9+,12-,13+,17-/m1/s1. The second-order valence-electron chi connectivity index (χ2n) is 9.98. The Bertz CT molecular complexity index is 1370. The van der Waals surface area contributed by atoms with Gasteiger partial charge in [-0.05, 0) is 25.5 Å². The van der Waals surface area contributed by atoms with Crippen molar-refractivity contribution in [3.63, 3.8) is 0 Å². The predicted octanol–water partition coefficient (Wildman–Crippen LogP) is -0.464. The summed E-state index contributed by atoms with van der Waals surface area (Å²) in [4.78, 5) is 53.6. The Morgan fingerprint density at radius 2 is 1.95 bits per heavy atom. The van der Waals surface area contributed by atoms with Gasteiger partial charge in [-0.2, -0.15) is 0 Å². The molecule has 3 fully saturated rings. The molecule has 0 bridgehead atoms. The molecule has 202 valence electrons. The monoisotopic (exact) mass is 533 g/mol. The number of carbonyl (C=O) groups is 4. The molecule has 4 aliphatic heterocycles. The van der Waals surface area contributed by atoms with E-state index in [0.29, 0.717) is 0 Å². The molecule has 3 saturated heterocycles. The van der Waals surface area contributed by atoms with Crippen molar-refractivity contribution in [2.75, 3.05) is 29.6 Å². The fourth-order valence-corrected chi connectivity index (χ4v) is 6.19. The first-order valence-electron chi connectivity index (χ1n) is 12.0. The molecule has 15 heteroatoms. The van der Waals surface area contributed by atoms with Crippen molar-refractivity contribution in [2.45, 2.75) is 50.7 Å². The van der Waals surface area contributed by atoms with Gasteiger partial charge in [-0.25, -0.2) is 18.9 Å². The van der Waals surface area contributed by atoms with E-state index in [1.54, 1.807) is 18.7 Å². The second-order valence-corrected chi connectivity index (χ2v) is 9.98. The molecule has 4 aliphatic rings. The van der Waals surface area contributed by atoms with Gasteiger partial charge in [-0.3, -0.25) is 20.2 Å². The van der Waals surface area contributed by atoms with Crippen molar-refractivity contribution in [1.29, 1.82) is 0 Å². The van der Waals surface area contributed by atoms with Crippen LogP contribution in [-0.2, 0) is 25.5 Å². The number of nitrogens with zero attached hydrogens (tertiary/aromatic N) is 3. The van der Waals surface area contributed by atoms with Crippen LogP contribution in [0.4, 0.5) is 25.5 Å². The van der Waals surface area contributed by atoms with Gasteiger partial charge in [-0.15, -0.1) is 0 Å². The molecule has 1 aromatic heterocycles. The molecule has 2 aromatic rings. The van der Waals surface area contributed by atoms with Gasteiger partial charge in [0, 0.05) is 13.0 Å². The van der Waals surface area contributed by atoms with Gasteiger partial charge >= 0.3 is 12.1 Å². The number of benzene rings is 1. The minimum Gasteiger partial charge on any atom is -0.447 e. The fourth-order valence-electron chi connectivity index (χ4n) is 6.19. The third-order valence-electron chi connectivity index (χ3n) is 7.71. The van der Waals surface area contributed by atoms with Crippen LogP contribution in [0, 0.1) is 11.2 Å². The van der Waals surface area contributed by atoms with Gasteiger partial charge in [0.2, 0.25) is 17.4 Å². The molecule has 0 aliphatic carbocycles. The number of ether oxygens (including phenoxy) is 2. The third kappa shape index (κ3) is 3.18. The average Bonchev–Trinajstić information content (AvgIpc) is 3.44. The molecule has 1 aromatic carbocycles. The molecule has 5 heterocycles. The Morgan fingerprint density at radius 3 is 2.63 bits per heavy atom. The van der Waals surface area contributed by atoms with Crippen molar-refractivity contribution in [3.8, 4) is 0 Å². The van der Waals surface area contributed by atoms with Gasteiger partial charge in [0.25, 0.3) is 0 Å². The number of hydrogen-bond acceptors (Lipinski definition) is 11. The van der Waals surface area contributed by atoms with Gasteiger partial charge in [0.15, 0.2) is 17.1 Å². The molecular formula is C23H24FN5O9. The minimum absolute atomic E-state index is 0.0332. The van der Waals surface area contributed by atoms with Gasteiger partial charge in [0.05, 0.1) is 35.9 Å². The van der Waals surface area contributed by atoms with Crippen molar-refractivity contribution >= 4 is 46.4 Å². The number of anilines is 2. The largest absolute Gasteiger partial charge is 0.447 e. The summed E-state index contributed by atoms with van der Waals surface area (Å²) >= 11 is 0. The lowest BCUT2D eigenvalue weighted by molar-refractivity contribution is -0.153. The van der Waals surface area contributed by atoms with Crippen LogP contribution in [0.25, 0.3) is 11.0 Å². The summed E-state index contributed by atoms with van der Waals surface area (Å²) in [6.07, 6.45) is -3.63. The number of hydrogen-bond donors (Lipinski definition) is 4. The van der Waals surface area contributed by atoms with Crippen LogP contribution >= 0.6 is 0 Å². The van der Waals surface area contributed by atoms with E-state index in [2.05, 4.69) is 15.8 Å². The van der Waals surface area contributed by atoms with Crippen molar-refractivity contribution in [1.82, 2.24) is 15.8 Å². The van der Waals surface area contributed by atoms with Crippen LogP contribution in [0.3, 0.4) is 0 Å². The average molecular weight is 533 g/mol. The Kier molecular flexibility index (Phi) is 5.38. The van der Waals surface area contributed by atoms with E-state index >= 15 is 4.39 Å². The SMILES string of the molecule is C[C@@H]1CN2c3c(cc4c(N5C(=O)OC[C@@H]5[C@@H](O)CO)noc4c3F)CC3(C(=O)NC(=O)NC3=O)[C@H]2[C@H](C)O1. The van der Waals surface area contributed by atoms with Crippen LogP contribution in [0.15, 0.2) is 10.6 Å². The number of urea groups is 1. The lowest BCUT2D eigenvalue weighted by atomic mass is 9.66. The highest BCUT2D eigenvalue weighted by molar-refractivity contribution is 6.20. The predicted molar refractivity (Wildman–Crippen MR) is 124 cm³/mol. The number of carbonyl (C=O) groups excluding carboxylic acids is 4. The molecule has 5 atom stereocenters. The lowest BCUT2D eigenvalue weighted by Crippen LogP contribution is -2.75. The second kappa shape index (κ2) is 8.34. The van der Waals surface area contributed by atoms with Crippen molar-refractivity contribution < 1.29 is 47.8 Å². The number of imide groups is 2. The lowest BCUT2D eigenvalue weighted by Gasteiger charge is -2.55. The smallest absolute Gasteiger partial charge is 0.416 e. The summed E-state index contributed by atoms with van der Waals surface area (Å²) in [5.74, 6) is -2.65. The number of aromatic nitrogens is 1. The van der Waals surface area contributed by atoms with E-state index in [1.807, 2.05) is 0 Å². The molecule has 5 amide bonds. The zero-order chi connectivity index (χ0) is 27.1. The zero-order valence-electron chi connectivity index (χ0n) is 20.3. The minimum atomic E-state index is -1.83. The third-order valence-corrected chi connectivity index (χ3v) is 7.71. The quantitative estimate of drug-likeness (QED) is 0.374. The number of halogens is 1. The number of fused-ring (bicyclic) bond motifs is 5. The summed E-state index contributed by atoms with van der Waals surface area (Å²) < 4.78 is 32.5. The molecule has 0 radical (unpaired) electrons. The number of aliphatic hydroxyl groups is 2. The van der Waals surface area contributed by atoms with Gasteiger partial charge < -0.3 is 29.1 Å². The van der Waals surface area contributed by atoms with Gasteiger partial charge in [0.1, 0.15) is 18.8 Å². The van der Waals surface area contributed by atoms with Crippen molar-refractivity contribution in [3.05, 3.63) is 17.4 Å². The topological polar surface area (TPSA) is 184 Å². The molecule has 4 N–H and O–H groups in total. The normalized spacial score (nSPS) is 29.2.